The first kappa shape index (κ1) is 9.47. The molecule has 0 aromatic rings. The third kappa shape index (κ3) is 2.44. The molecule has 2 heterocycles. The monoisotopic (exact) mass is 182 g/mol. The predicted octanol–water partition coefficient (Wildman–Crippen LogP) is 1.61. The van der Waals surface area contributed by atoms with Gasteiger partial charge in [0.05, 0.1) is 0 Å². The molecular formula is C11H22N2. The number of hydrogen-bond acceptors (Lipinski definition) is 2. The summed E-state index contributed by atoms with van der Waals surface area (Å²) in [4.78, 5) is 2.65. The Morgan fingerprint density at radius 2 is 2.08 bits per heavy atom. The first-order chi connectivity index (χ1) is 6.38. The molecule has 2 unspecified atom stereocenters. The van der Waals surface area contributed by atoms with Crippen LogP contribution in [0.25, 0.3) is 0 Å². The van der Waals surface area contributed by atoms with Crippen molar-refractivity contribution >= 4 is 0 Å². The largest absolute Gasteiger partial charge is 0.310 e. The van der Waals surface area contributed by atoms with Crippen LogP contribution in [-0.2, 0) is 0 Å². The van der Waals surface area contributed by atoms with Crippen LogP contribution in [-0.4, -0.2) is 36.6 Å². The van der Waals surface area contributed by atoms with E-state index in [0.29, 0.717) is 0 Å². The average Bonchev–Trinajstić information content (AvgIpc) is 2.45. The van der Waals surface area contributed by atoms with E-state index in [1.165, 1.54) is 51.7 Å². The van der Waals surface area contributed by atoms with Crippen molar-refractivity contribution in [3.05, 3.63) is 0 Å². The minimum absolute atomic E-state index is 0.810. The minimum atomic E-state index is 0.810. The van der Waals surface area contributed by atoms with Gasteiger partial charge >= 0.3 is 0 Å². The van der Waals surface area contributed by atoms with Gasteiger partial charge in [-0.1, -0.05) is 13.3 Å². The fourth-order valence-corrected chi connectivity index (χ4v) is 2.60. The van der Waals surface area contributed by atoms with Crippen molar-refractivity contribution in [3.63, 3.8) is 0 Å². The number of hydrogen-bond donors (Lipinski definition) is 1. The highest BCUT2D eigenvalue weighted by Gasteiger charge is 2.28. The number of unbranched alkanes of at least 4 members (excludes halogenated alkanes) is 1. The van der Waals surface area contributed by atoms with E-state index < -0.39 is 0 Å². The molecule has 2 atom stereocenters. The van der Waals surface area contributed by atoms with Gasteiger partial charge in [0, 0.05) is 18.6 Å². The maximum atomic E-state index is 3.72. The standard InChI is InChI=1S/C11H22N2/c1-2-3-7-13-8-6-10-4-5-11(9-13)12-10/h10-12H,2-9H2,1H3. The zero-order valence-corrected chi connectivity index (χ0v) is 8.76. The maximum Gasteiger partial charge on any atom is 0.0198 e. The lowest BCUT2D eigenvalue weighted by molar-refractivity contribution is 0.255. The number of nitrogens with zero attached hydrogens (tertiary/aromatic N) is 1. The molecule has 0 aliphatic carbocycles. The number of likely N-dealkylation sites (tertiary alicyclic amines) is 1. The van der Waals surface area contributed by atoms with Crippen molar-refractivity contribution in [2.24, 2.45) is 0 Å². The summed E-state index contributed by atoms with van der Waals surface area (Å²) in [5, 5.41) is 3.72. The predicted molar refractivity (Wildman–Crippen MR) is 55.9 cm³/mol. The molecule has 2 rings (SSSR count). The van der Waals surface area contributed by atoms with Gasteiger partial charge in [0.15, 0.2) is 0 Å². The van der Waals surface area contributed by atoms with Crippen LogP contribution in [0.3, 0.4) is 0 Å². The van der Waals surface area contributed by atoms with Crippen LogP contribution in [0.2, 0.25) is 0 Å². The molecule has 2 fully saturated rings. The smallest absolute Gasteiger partial charge is 0.0198 e. The van der Waals surface area contributed by atoms with E-state index in [0.717, 1.165) is 12.1 Å². The Balaban J connectivity index is 1.79. The Kier molecular flexibility index (Phi) is 3.23. The van der Waals surface area contributed by atoms with Crippen molar-refractivity contribution in [3.8, 4) is 0 Å². The Morgan fingerprint density at radius 3 is 2.92 bits per heavy atom. The Hall–Kier alpha value is -0.0800. The van der Waals surface area contributed by atoms with E-state index in [2.05, 4.69) is 17.1 Å². The second-order valence-electron chi connectivity index (χ2n) is 4.58. The van der Waals surface area contributed by atoms with Gasteiger partial charge in [-0.2, -0.15) is 0 Å². The summed E-state index contributed by atoms with van der Waals surface area (Å²) in [5.41, 5.74) is 0. The van der Waals surface area contributed by atoms with Crippen molar-refractivity contribution in [1.82, 2.24) is 10.2 Å². The average molecular weight is 182 g/mol. The van der Waals surface area contributed by atoms with E-state index in [1.807, 2.05) is 0 Å². The quantitative estimate of drug-likeness (QED) is 0.713. The molecule has 76 valence electrons. The van der Waals surface area contributed by atoms with Gasteiger partial charge in [0.25, 0.3) is 0 Å². The topological polar surface area (TPSA) is 15.3 Å². The maximum absolute atomic E-state index is 3.72. The lowest BCUT2D eigenvalue weighted by Crippen LogP contribution is -2.35. The van der Waals surface area contributed by atoms with Gasteiger partial charge < -0.3 is 10.2 Å². The summed E-state index contributed by atoms with van der Waals surface area (Å²) in [6.07, 6.45) is 6.91. The summed E-state index contributed by atoms with van der Waals surface area (Å²) < 4.78 is 0. The molecule has 0 saturated carbocycles. The highest BCUT2D eigenvalue weighted by molar-refractivity contribution is 4.89. The molecule has 0 amide bonds. The second kappa shape index (κ2) is 4.43. The van der Waals surface area contributed by atoms with Gasteiger partial charge in [0.1, 0.15) is 0 Å². The summed E-state index contributed by atoms with van der Waals surface area (Å²) in [5.74, 6) is 0. The fraction of sp³-hybridized carbons (Fsp3) is 1.00. The normalized spacial score (nSPS) is 34.8. The van der Waals surface area contributed by atoms with Crippen LogP contribution in [0.15, 0.2) is 0 Å². The lowest BCUT2D eigenvalue weighted by Gasteiger charge is -2.23. The molecule has 2 saturated heterocycles. The van der Waals surface area contributed by atoms with Crippen LogP contribution in [0, 0.1) is 0 Å². The second-order valence-corrected chi connectivity index (χ2v) is 4.58. The molecule has 13 heavy (non-hydrogen) atoms. The summed E-state index contributed by atoms with van der Waals surface area (Å²) >= 11 is 0. The fourth-order valence-electron chi connectivity index (χ4n) is 2.60. The summed E-state index contributed by atoms with van der Waals surface area (Å²) in [6.45, 7) is 6.23. The molecular weight excluding hydrogens is 160 g/mol. The molecule has 2 aliphatic rings. The van der Waals surface area contributed by atoms with Crippen LogP contribution in [0.1, 0.15) is 39.0 Å². The van der Waals surface area contributed by atoms with Crippen LogP contribution in [0.4, 0.5) is 0 Å². The Labute approximate surface area is 81.7 Å². The first-order valence-electron chi connectivity index (χ1n) is 5.87. The third-order valence-electron chi connectivity index (χ3n) is 3.44. The van der Waals surface area contributed by atoms with Crippen LogP contribution < -0.4 is 5.32 Å². The first-order valence-corrected chi connectivity index (χ1v) is 5.87. The number of fused-ring (bicyclic) bond motifs is 2. The Morgan fingerprint density at radius 1 is 1.23 bits per heavy atom. The van der Waals surface area contributed by atoms with Crippen molar-refractivity contribution in [2.45, 2.75) is 51.1 Å². The zero-order chi connectivity index (χ0) is 9.10. The molecule has 2 bridgehead atoms. The highest BCUT2D eigenvalue weighted by Crippen LogP contribution is 2.20. The third-order valence-corrected chi connectivity index (χ3v) is 3.44. The van der Waals surface area contributed by atoms with Gasteiger partial charge in [0.2, 0.25) is 0 Å². The van der Waals surface area contributed by atoms with Gasteiger partial charge in [-0.15, -0.1) is 0 Å². The van der Waals surface area contributed by atoms with Crippen LogP contribution in [0.5, 0.6) is 0 Å². The highest BCUT2D eigenvalue weighted by atomic mass is 15.2. The zero-order valence-electron chi connectivity index (χ0n) is 8.76. The van der Waals surface area contributed by atoms with E-state index in [1.54, 1.807) is 0 Å². The molecule has 0 aromatic heterocycles. The van der Waals surface area contributed by atoms with Gasteiger partial charge in [-0.3, -0.25) is 0 Å². The molecule has 2 heteroatoms. The summed E-state index contributed by atoms with van der Waals surface area (Å²) in [7, 11) is 0. The van der Waals surface area contributed by atoms with Gasteiger partial charge in [-0.05, 0) is 38.8 Å². The molecule has 0 spiro atoms. The lowest BCUT2D eigenvalue weighted by atomic mass is 10.1. The molecule has 2 aliphatic heterocycles. The van der Waals surface area contributed by atoms with Crippen molar-refractivity contribution < 1.29 is 0 Å². The minimum Gasteiger partial charge on any atom is -0.310 e. The molecule has 0 radical (unpaired) electrons. The van der Waals surface area contributed by atoms with E-state index in [9.17, 15) is 0 Å². The van der Waals surface area contributed by atoms with Crippen molar-refractivity contribution in [1.29, 1.82) is 0 Å². The number of nitrogens with one attached hydrogen (secondary N) is 1. The SMILES string of the molecule is CCCCN1CCC2CCC(C1)N2. The molecule has 0 aromatic carbocycles. The molecule has 1 N–H and O–H groups in total. The van der Waals surface area contributed by atoms with E-state index >= 15 is 0 Å². The number of rotatable bonds is 3. The summed E-state index contributed by atoms with van der Waals surface area (Å²) in [6, 6.07) is 1.65. The van der Waals surface area contributed by atoms with E-state index in [4.69, 9.17) is 0 Å². The molecule has 2 nitrogen and oxygen atoms in total. The Bertz CT molecular complexity index is 158. The van der Waals surface area contributed by atoms with E-state index in [-0.39, 0.29) is 0 Å². The van der Waals surface area contributed by atoms with Crippen LogP contribution >= 0.6 is 0 Å². The van der Waals surface area contributed by atoms with Gasteiger partial charge in [-0.25, -0.2) is 0 Å². The van der Waals surface area contributed by atoms with Crippen molar-refractivity contribution in [2.75, 3.05) is 19.6 Å².